The molecule has 1 atom stereocenters. The summed E-state index contributed by atoms with van der Waals surface area (Å²) in [6.07, 6.45) is 0. The zero-order valence-corrected chi connectivity index (χ0v) is 22.2. The van der Waals surface area contributed by atoms with Crippen LogP contribution in [-0.2, 0) is 4.57 Å². The Hall–Kier alpha value is -2.04. The fourth-order valence-electron chi connectivity index (χ4n) is 3.07. The van der Waals surface area contributed by atoms with Crippen molar-refractivity contribution < 1.29 is 4.57 Å². The van der Waals surface area contributed by atoms with Crippen molar-refractivity contribution in [1.82, 2.24) is 4.98 Å². The Kier molecular flexibility index (Phi) is 8.21. The van der Waals surface area contributed by atoms with E-state index >= 15 is 0 Å². The number of halogens is 4. The lowest BCUT2D eigenvalue weighted by Gasteiger charge is -2.14. The lowest BCUT2D eigenvalue weighted by Crippen LogP contribution is -1.94. The lowest BCUT2D eigenvalue weighted by molar-refractivity contribution is 0.589. The Labute approximate surface area is 222 Å². The number of nitrogens with one attached hydrogen (secondary N) is 1. The van der Waals surface area contributed by atoms with Crippen LogP contribution in [0.4, 0.5) is 5.13 Å². The third kappa shape index (κ3) is 6.34. The van der Waals surface area contributed by atoms with Crippen LogP contribution in [-0.4, -0.2) is 4.98 Å². The number of aromatic nitrogens is 1. The molecule has 0 aliphatic carbocycles. The number of nitrogens with zero attached hydrogens (tertiary/aromatic N) is 1. The molecule has 4 rings (SSSR count). The second kappa shape index (κ2) is 11.1. The van der Waals surface area contributed by atoms with Crippen molar-refractivity contribution in [2.45, 2.75) is 0 Å². The number of hydrogen-bond acceptors (Lipinski definition) is 3. The summed E-state index contributed by atoms with van der Waals surface area (Å²) in [5, 5.41) is 7.02. The molecule has 4 aromatic rings. The largest absolute Gasteiger partial charge is 0.306 e. The first-order valence-corrected chi connectivity index (χ1v) is 14.2. The van der Waals surface area contributed by atoms with Crippen molar-refractivity contribution in [3.05, 3.63) is 117 Å². The van der Waals surface area contributed by atoms with Crippen LogP contribution in [0.5, 0.6) is 0 Å². The molecule has 1 aromatic heterocycles. The number of benzene rings is 3. The van der Waals surface area contributed by atoms with E-state index in [0.29, 0.717) is 36.5 Å². The lowest BCUT2D eigenvalue weighted by atomic mass is 10.2. The predicted molar refractivity (Wildman–Crippen MR) is 149 cm³/mol. The molecule has 1 heterocycles. The van der Waals surface area contributed by atoms with Gasteiger partial charge in [0.1, 0.15) is 0 Å². The molecule has 0 spiro atoms. The molecule has 0 saturated carbocycles. The Bertz CT molecular complexity index is 1350. The van der Waals surface area contributed by atoms with Gasteiger partial charge >= 0.3 is 0 Å². The molecule has 0 amide bonds. The Morgan fingerprint density at radius 1 is 0.853 bits per heavy atom. The van der Waals surface area contributed by atoms with E-state index in [1.807, 2.05) is 66.0 Å². The molecule has 3 nitrogen and oxygen atoms in total. The van der Waals surface area contributed by atoms with Gasteiger partial charge in [0.05, 0.1) is 20.8 Å². The first kappa shape index (κ1) is 25.1. The van der Waals surface area contributed by atoms with Crippen molar-refractivity contribution in [3.8, 4) is 11.3 Å². The second-order valence-electron chi connectivity index (χ2n) is 7.17. The van der Waals surface area contributed by atoms with E-state index in [0.717, 1.165) is 11.1 Å². The Morgan fingerprint density at radius 2 is 1.41 bits per heavy atom. The zero-order chi connectivity index (χ0) is 24.1. The van der Waals surface area contributed by atoms with Gasteiger partial charge in [-0.2, -0.15) is 0 Å². The summed E-state index contributed by atoms with van der Waals surface area (Å²) < 4.78 is 14.1. The van der Waals surface area contributed by atoms with Crippen LogP contribution in [0.15, 0.2) is 95.9 Å². The van der Waals surface area contributed by atoms with Crippen LogP contribution in [0.2, 0.25) is 10.0 Å². The van der Waals surface area contributed by atoms with Crippen LogP contribution in [0.25, 0.3) is 21.3 Å². The minimum atomic E-state index is -3.43. The van der Waals surface area contributed by atoms with Gasteiger partial charge in [0.2, 0.25) is 7.29 Å². The molecule has 9 heteroatoms. The quantitative estimate of drug-likeness (QED) is 0.227. The molecule has 172 valence electrons. The molecule has 0 saturated heterocycles. The van der Waals surface area contributed by atoms with Crippen LogP contribution < -0.4 is 5.09 Å². The maximum atomic E-state index is 14.1. The van der Waals surface area contributed by atoms with Crippen molar-refractivity contribution in [3.63, 3.8) is 0 Å². The van der Waals surface area contributed by atoms with Gasteiger partial charge in [-0.25, -0.2) is 4.98 Å². The molecule has 0 bridgehead atoms. The third-order valence-corrected chi connectivity index (χ3v) is 8.97. The smallest absolute Gasteiger partial charge is 0.217 e. The highest BCUT2D eigenvalue weighted by molar-refractivity contribution is 7.72. The topological polar surface area (TPSA) is 42.0 Å². The standard InChI is InChI=1S/C25H17Cl4N2OPS/c26-19-11-12-21(27)20(13-19)24-16-34-25(30-24)31-33(32,14-22(28)17-7-3-1-4-8-17)15-23(29)18-9-5-2-6-10-18/h1-16H,(H,30,31,32)/b22-14-,23-15+. The summed E-state index contributed by atoms with van der Waals surface area (Å²) in [7, 11) is -3.43. The van der Waals surface area contributed by atoms with E-state index < -0.39 is 7.29 Å². The summed E-state index contributed by atoms with van der Waals surface area (Å²) in [6.45, 7) is 0. The van der Waals surface area contributed by atoms with Crippen molar-refractivity contribution in [2.75, 3.05) is 5.09 Å². The maximum Gasteiger partial charge on any atom is 0.217 e. The Morgan fingerprint density at radius 3 is 1.97 bits per heavy atom. The van der Waals surface area contributed by atoms with E-state index in [-0.39, 0.29) is 0 Å². The zero-order valence-electron chi connectivity index (χ0n) is 17.5. The fourth-order valence-corrected chi connectivity index (χ4v) is 7.30. The first-order chi connectivity index (χ1) is 16.3. The minimum absolute atomic E-state index is 0.333. The van der Waals surface area contributed by atoms with Crippen LogP contribution in [0, 0.1) is 0 Å². The normalized spacial score (nSPS) is 14.0. The van der Waals surface area contributed by atoms with Gasteiger partial charge in [-0.3, -0.25) is 4.57 Å². The van der Waals surface area contributed by atoms with Crippen molar-refractivity contribution in [1.29, 1.82) is 0 Å². The van der Waals surface area contributed by atoms with E-state index in [2.05, 4.69) is 10.1 Å². The van der Waals surface area contributed by atoms with Crippen LogP contribution in [0.3, 0.4) is 0 Å². The molecule has 0 aliphatic heterocycles. The maximum absolute atomic E-state index is 14.1. The van der Waals surface area contributed by atoms with Crippen LogP contribution in [0.1, 0.15) is 11.1 Å². The summed E-state index contributed by atoms with van der Waals surface area (Å²) in [4.78, 5) is 4.57. The molecular formula is C25H17Cl4N2OPS. The molecule has 1 unspecified atom stereocenters. The van der Waals surface area contributed by atoms with Crippen molar-refractivity contribution >= 4 is 80.2 Å². The van der Waals surface area contributed by atoms with Gasteiger partial charge in [0.25, 0.3) is 0 Å². The average Bonchev–Trinajstić information content (AvgIpc) is 3.29. The van der Waals surface area contributed by atoms with Crippen molar-refractivity contribution in [2.24, 2.45) is 0 Å². The number of rotatable bonds is 7. The molecule has 0 aliphatic rings. The van der Waals surface area contributed by atoms with Gasteiger partial charge in [-0.05, 0) is 29.3 Å². The molecule has 3 aromatic carbocycles. The van der Waals surface area contributed by atoms with Gasteiger partial charge in [-0.1, -0.05) is 107 Å². The van der Waals surface area contributed by atoms with Crippen LogP contribution >= 0.6 is 65.0 Å². The third-order valence-electron chi connectivity index (χ3n) is 4.69. The summed E-state index contributed by atoms with van der Waals surface area (Å²) in [5.41, 5.74) is 2.77. The van der Waals surface area contributed by atoms with E-state index in [1.54, 1.807) is 18.2 Å². The first-order valence-electron chi connectivity index (χ1n) is 9.99. The average molecular weight is 566 g/mol. The van der Waals surface area contributed by atoms with Gasteiger partial charge < -0.3 is 5.09 Å². The number of thiazole rings is 1. The highest BCUT2D eigenvalue weighted by Gasteiger charge is 2.22. The molecular weight excluding hydrogens is 549 g/mol. The van der Waals surface area contributed by atoms with Gasteiger partial charge in [0, 0.05) is 27.6 Å². The van der Waals surface area contributed by atoms with Gasteiger partial charge in [0.15, 0.2) is 5.13 Å². The number of hydrogen-bond donors (Lipinski definition) is 1. The second-order valence-corrected chi connectivity index (χ2v) is 11.8. The minimum Gasteiger partial charge on any atom is -0.306 e. The highest BCUT2D eigenvalue weighted by Crippen LogP contribution is 2.54. The fraction of sp³-hybridized carbons (Fsp3) is 0. The molecule has 0 radical (unpaired) electrons. The summed E-state index contributed by atoms with van der Waals surface area (Å²) in [6, 6.07) is 23.7. The SMILES string of the molecule is O=P(/C=C(\Cl)c1ccccc1)(/C=C(/Cl)c1ccccc1)Nc1nc(-c2cc(Cl)ccc2Cl)cs1. The Balaban J connectivity index is 1.72. The summed E-state index contributed by atoms with van der Waals surface area (Å²) in [5.74, 6) is 2.98. The predicted octanol–water partition coefficient (Wildman–Crippen LogP) is 10.3. The summed E-state index contributed by atoms with van der Waals surface area (Å²) >= 11 is 26.8. The molecule has 1 N–H and O–H groups in total. The monoisotopic (exact) mass is 564 g/mol. The van der Waals surface area contributed by atoms with E-state index in [4.69, 9.17) is 46.4 Å². The van der Waals surface area contributed by atoms with E-state index in [9.17, 15) is 4.57 Å². The molecule has 34 heavy (non-hydrogen) atoms. The highest BCUT2D eigenvalue weighted by atomic mass is 35.5. The molecule has 0 fully saturated rings. The van der Waals surface area contributed by atoms with Gasteiger partial charge in [-0.15, -0.1) is 11.3 Å². The van der Waals surface area contributed by atoms with E-state index in [1.165, 1.54) is 23.0 Å². The number of anilines is 1.